The van der Waals surface area contributed by atoms with Gasteiger partial charge in [-0.1, -0.05) is 39.5 Å². The Bertz CT molecular complexity index is 196. The summed E-state index contributed by atoms with van der Waals surface area (Å²) in [6, 6.07) is 0.544. The van der Waals surface area contributed by atoms with Crippen molar-refractivity contribution in [2.75, 3.05) is 14.2 Å². The lowest BCUT2D eigenvalue weighted by Crippen LogP contribution is -2.56. The molecule has 2 nitrogen and oxygen atoms in total. The fourth-order valence-electron chi connectivity index (χ4n) is 3.13. The van der Waals surface area contributed by atoms with Crippen molar-refractivity contribution in [2.24, 2.45) is 5.92 Å². The molecule has 1 fully saturated rings. The third-order valence-electron chi connectivity index (χ3n) is 4.70. The summed E-state index contributed by atoms with van der Waals surface area (Å²) in [4.78, 5) is 0. The fraction of sp³-hybridized carbons (Fsp3) is 1.00. The molecule has 0 aromatic carbocycles. The zero-order valence-corrected chi connectivity index (χ0v) is 12.2. The highest BCUT2D eigenvalue weighted by atomic mass is 16.5. The van der Waals surface area contributed by atoms with Crippen molar-refractivity contribution in [3.05, 3.63) is 0 Å². The molecule has 0 aromatic rings. The Morgan fingerprint density at radius 1 is 1.29 bits per heavy atom. The summed E-state index contributed by atoms with van der Waals surface area (Å²) in [5.41, 5.74) is 0.147. The van der Waals surface area contributed by atoms with Crippen LogP contribution in [0.25, 0.3) is 0 Å². The summed E-state index contributed by atoms with van der Waals surface area (Å²) < 4.78 is 5.81. The molecule has 17 heavy (non-hydrogen) atoms. The maximum atomic E-state index is 5.81. The van der Waals surface area contributed by atoms with E-state index in [1.165, 1.54) is 51.4 Å². The lowest BCUT2D eigenvalue weighted by Gasteiger charge is -2.47. The Labute approximate surface area is 108 Å². The van der Waals surface area contributed by atoms with Crippen LogP contribution in [-0.2, 0) is 4.74 Å². The quantitative estimate of drug-likeness (QED) is 0.664. The fourth-order valence-corrected chi connectivity index (χ4v) is 3.13. The first-order valence-electron chi connectivity index (χ1n) is 7.44. The molecule has 1 saturated carbocycles. The van der Waals surface area contributed by atoms with E-state index in [-0.39, 0.29) is 5.60 Å². The van der Waals surface area contributed by atoms with Crippen molar-refractivity contribution in [1.82, 2.24) is 5.32 Å². The van der Waals surface area contributed by atoms with Crippen LogP contribution in [0.15, 0.2) is 0 Å². The summed E-state index contributed by atoms with van der Waals surface area (Å²) >= 11 is 0. The molecule has 1 rings (SSSR count). The number of rotatable bonds is 9. The molecule has 1 aliphatic rings. The van der Waals surface area contributed by atoms with E-state index >= 15 is 0 Å². The number of hydrogen-bond donors (Lipinski definition) is 1. The zero-order valence-electron chi connectivity index (χ0n) is 12.2. The Morgan fingerprint density at radius 2 is 2.00 bits per heavy atom. The predicted molar refractivity (Wildman–Crippen MR) is 74.4 cm³/mol. The average molecular weight is 241 g/mol. The van der Waals surface area contributed by atoms with E-state index in [4.69, 9.17) is 4.74 Å². The van der Waals surface area contributed by atoms with Gasteiger partial charge < -0.3 is 10.1 Å². The van der Waals surface area contributed by atoms with Crippen molar-refractivity contribution >= 4 is 0 Å². The first-order valence-corrected chi connectivity index (χ1v) is 7.44. The Hall–Kier alpha value is -0.0800. The highest BCUT2D eigenvalue weighted by molar-refractivity contribution is 4.99. The van der Waals surface area contributed by atoms with Gasteiger partial charge in [-0.15, -0.1) is 0 Å². The smallest absolute Gasteiger partial charge is 0.0831 e. The molecule has 2 heteroatoms. The van der Waals surface area contributed by atoms with E-state index in [2.05, 4.69) is 26.2 Å². The third kappa shape index (κ3) is 3.69. The molecule has 0 heterocycles. The largest absolute Gasteiger partial charge is 0.377 e. The van der Waals surface area contributed by atoms with Crippen LogP contribution in [0.1, 0.15) is 65.2 Å². The second-order valence-corrected chi connectivity index (χ2v) is 5.62. The molecule has 0 spiro atoms. The first kappa shape index (κ1) is 15.0. The van der Waals surface area contributed by atoms with Crippen LogP contribution in [0.3, 0.4) is 0 Å². The van der Waals surface area contributed by atoms with Gasteiger partial charge in [-0.2, -0.15) is 0 Å². The molecule has 0 bridgehead atoms. The molecule has 0 saturated heterocycles. The number of unbranched alkanes of at least 4 members (excludes halogenated alkanes) is 1. The topological polar surface area (TPSA) is 21.3 Å². The molecule has 1 aliphatic carbocycles. The van der Waals surface area contributed by atoms with E-state index < -0.39 is 0 Å². The van der Waals surface area contributed by atoms with Crippen molar-refractivity contribution in [3.8, 4) is 0 Å². The normalized spacial score (nSPS) is 21.9. The summed E-state index contributed by atoms with van der Waals surface area (Å²) in [7, 11) is 3.98. The van der Waals surface area contributed by atoms with Gasteiger partial charge in [-0.05, 0) is 38.6 Å². The van der Waals surface area contributed by atoms with E-state index in [1.54, 1.807) is 0 Å². The van der Waals surface area contributed by atoms with Crippen molar-refractivity contribution in [1.29, 1.82) is 0 Å². The molecule has 102 valence electrons. The summed E-state index contributed by atoms with van der Waals surface area (Å²) in [5, 5.41) is 3.51. The van der Waals surface area contributed by atoms with Crippen molar-refractivity contribution in [2.45, 2.75) is 76.9 Å². The van der Waals surface area contributed by atoms with Gasteiger partial charge in [0.25, 0.3) is 0 Å². The second-order valence-electron chi connectivity index (χ2n) is 5.62. The monoisotopic (exact) mass is 241 g/mol. The van der Waals surface area contributed by atoms with E-state index in [0.717, 1.165) is 5.92 Å². The number of nitrogens with one attached hydrogen (secondary N) is 1. The van der Waals surface area contributed by atoms with E-state index in [9.17, 15) is 0 Å². The van der Waals surface area contributed by atoms with Crippen LogP contribution in [0, 0.1) is 5.92 Å². The van der Waals surface area contributed by atoms with Crippen molar-refractivity contribution in [3.63, 3.8) is 0 Å². The van der Waals surface area contributed by atoms with Gasteiger partial charge in [-0.3, -0.25) is 0 Å². The lowest BCUT2D eigenvalue weighted by atomic mass is 9.71. The molecule has 2 unspecified atom stereocenters. The summed E-state index contributed by atoms with van der Waals surface area (Å²) in [5.74, 6) is 0.861. The number of methoxy groups -OCH3 is 1. The number of likely N-dealkylation sites (N-methyl/N-ethyl adjacent to an activating group) is 1. The van der Waals surface area contributed by atoms with Gasteiger partial charge in [-0.25, -0.2) is 0 Å². The van der Waals surface area contributed by atoms with Gasteiger partial charge in [0.1, 0.15) is 0 Å². The second kappa shape index (κ2) is 7.38. The number of ether oxygens (including phenoxy) is 1. The Morgan fingerprint density at radius 3 is 2.35 bits per heavy atom. The molecule has 0 aliphatic heterocycles. The number of hydrogen-bond acceptors (Lipinski definition) is 2. The minimum absolute atomic E-state index is 0.147. The maximum absolute atomic E-state index is 5.81. The van der Waals surface area contributed by atoms with Gasteiger partial charge in [0.15, 0.2) is 0 Å². The first-order chi connectivity index (χ1) is 8.22. The van der Waals surface area contributed by atoms with Gasteiger partial charge >= 0.3 is 0 Å². The van der Waals surface area contributed by atoms with Crippen LogP contribution in [0.4, 0.5) is 0 Å². The maximum Gasteiger partial charge on any atom is 0.0831 e. The lowest BCUT2D eigenvalue weighted by molar-refractivity contribution is -0.102. The molecule has 0 radical (unpaired) electrons. The van der Waals surface area contributed by atoms with Crippen LogP contribution in [-0.4, -0.2) is 25.8 Å². The highest BCUT2D eigenvalue weighted by Crippen LogP contribution is 2.40. The molecule has 1 N–H and O–H groups in total. The van der Waals surface area contributed by atoms with Crippen molar-refractivity contribution < 1.29 is 4.74 Å². The highest BCUT2D eigenvalue weighted by Gasteiger charge is 2.44. The van der Waals surface area contributed by atoms with E-state index in [0.29, 0.717) is 6.04 Å². The molecule has 0 aromatic heterocycles. The SMILES string of the molecule is CCCCC(CC)CC(NC)C1(OC)CCC1. The Balaban J connectivity index is 2.49. The van der Waals surface area contributed by atoms with Crippen LogP contribution in [0.2, 0.25) is 0 Å². The molecular formula is C15H31NO. The minimum atomic E-state index is 0.147. The van der Waals surface area contributed by atoms with Gasteiger partial charge in [0.05, 0.1) is 5.60 Å². The zero-order chi connectivity index (χ0) is 12.7. The van der Waals surface area contributed by atoms with Crippen LogP contribution >= 0.6 is 0 Å². The Kier molecular flexibility index (Phi) is 6.50. The molecule has 0 amide bonds. The van der Waals surface area contributed by atoms with Crippen LogP contribution in [0.5, 0.6) is 0 Å². The summed E-state index contributed by atoms with van der Waals surface area (Å²) in [6.45, 7) is 4.61. The van der Waals surface area contributed by atoms with Gasteiger partial charge in [0, 0.05) is 13.2 Å². The van der Waals surface area contributed by atoms with E-state index in [1.807, 2.05) is 7.11 Å². The minimum Gasteiger partial charge on any atom is -0.377 e. The predicted octanol–water partition coefficient (Wildman–Crippen LogP) is 3.75. The average Bonchev–Trinajstić information content (AvgIpc) is 2.31. The molecule has 2 atom stereocenters. The summed E-state index contributed by atoms with van der Waals surface area (Å²) in [6.07, 6.45) is 10.4. The third-order valence-corrected chi connectivity index (χ3v) is 4.70. The van der Waals surface area contributed by atoms with Gasteiger partial charge in [0.2, 0.25) is 0 Å². The molecular weight excluding hydrogens is 210 g/mol. The van der Waals surface area contributed by atoms with Crippen LogP contribution < -0.4 is 5.32 Å². The standard InChI is InChI=1S/C15H31NO/c1-5-7-9-13(6-2)12-14(16-3)15(17-4)10-8-11-15/h13-14,16H,5-12H2,1-4H3.